The van der Waals surface area contributed by atoms with Gasteiger partial charge in [0.15, 0.2) is 5.75 Å². The molecular weight excluding hydrogens is 290 g/mol. The van der Waals surface area contributed by atoms with Crippen LogP contribution >= 0.6 is 0 Å². The summed E-state index contributed by atoms with van der Waals surface area (Å²) in [5, 5.41) is 18.4. The Morgan fingerprint density at radius 1 is 1.35 bits per heavy atom. The van der Waals surface area contributed by atoms with Crippen molar-refractivity contribution >= 4 is 27.6 Å². The SMILES string of the molecule is COC(=O)CCS(=O)(=O)Nc1cccc(C(=O)O)c1O. The van der Waals surface area contributed by atoms with Gasteiger partial charge in [-0.3, -0.25) is 9.52 Å². The van der Waals surface area contributed by atoms with Gasteiger partial charge in [0.05, 0.1) is 25.0 Å². The Balaban J connectivity index is 2.90. The Morgan fingerprint density at radius 3 is 2.55 bits per heavy atom. The van der Waals surface area contributed by atoms with Crippen LogP contribution in [0.1, 0.15) is 16.8 Å². The van der Waals surface area contributed by atoms with Gasteiger partial charge in [0, 0.05) is 0 Å². The minimum absolute atomic E-state index is 0.269. The number of phenols is 1. The van der Waals surface area contributed by atoms with Crippen molar-refractivity contribution in [2.45, 2.75) is 6.42 Å². The Labute approximate surface area is 115 Å². The number of carboxylic acids is 1. The van der Waals surface area contributed by atoms with Crippen molar-refractivity contribution in [2.75, 3.05) is 17.6 Å². The molecule has 0 unspecified atom stereocenters. The predicted molar refractivity (Wildman–Crippen MR) is 69.1 cm³/mol. The van der Waals surface area contributed by atoms with Crippen LogP contribution in [0.25, 0.3) is 0 Å². The molecule has 8 nitrogen and oxygen atoms in total. The number of esters is 1. The van der Waals surface area contributed by atoms with Gasteiger partial charge in [-0.1, -0.05) is 6.07 Å². The summed E-state index contributed by atoms with van der Waals surface area (Å²) < 4.78 is 29.7. The maximum absolute atomic E-state index is 11.7. The third kappa shape index (κ3) is 4.12. The lowest BCUT2D eigenvalue weighted by Gasteiger charge is -2.10. The molecule has 0 heterocycles. The number of aromatic carboxylic acids is 1. The van der Waals surface area contributed by atoms with Crippen molar-refractivity contribution in [3.63, 3.8) is 0 Å². The number of hydrogen-bond donors (Lipinski definition) is 3. The number of para-hydroxylation sites is 1. The molecule has 0 aliphatic rings. The van der Waals surface area contributed by atoms with Gasteiger partial charge in [-0.25, -0.2) is 13.2 Å². The average molecular weight is 303 g/mol. The molecule has 3 N–H and O–H groups in total. The molecule has 0 aromatic heterocycles. The van der Waals surface area contributed by atoms with E-state index < -0.39 is 39.0 Å². The zero-order chi connectivity index (χ0) is 15.3. The van der Waals surface area contributed by atoms with Crippen molar-refractivity contribution in [1.82, 2.24) is 0 Å². The number of rotatable bonds is 6. The van der Waals surface area contributed by atoms with E-state index in [1.807, 2.05) is 4.72 Å². The van der Waals surface area contributed by atoms with Crippen LogP contribution in [-0.2, 0) is 19.6 Å². The minimum atomic E-state index is -3.91. The topological polar surface area (TPSA) is 130 Å². The zero-order valence-corrected chi connectivity index (χ0v) is 11.3. The third-order valence-corrected chi connectivity index (χ3v) is 3.61. The normalized spacial score (nSPS) is 10.8. The van der Waals surface area contributed by atoms with E-state index in [0.29, 0.717) is 0 Å². The molecule has 0 aliphatic heterocycles. The molecule has 9 heteroatoms. The van der Waals surface area contributed by atoms with Crippen LogP contribution in [0.5, 0.6) is 5.75 Å². The lowest BCUT2D eigenvalue weighted by Crippen LogP contribution is -2.19. The molecule has 0 spiro atoms. The highest BCUT2D eigenvalue weighted by atomic mass is 32.2. The highest BCUT2D eigenvalue weighted by Crippen LogP contribution is 2.28. The summed E-state index contributed by atoms with van der Waals surface area (Å²) in [6, 6.07) is 3.61. The van der Waals surface area contributed by atoms with Gasteiger partial charge >= 0.3 is 11.9 Å². The second-order valence-electron chi connectivity index (χ2n) is 3.75. The largest absolute Gasteiger partial charge is 0.505 e. The number of carbonyl (C=O) groups excluding carboxylic acids is 1. The minimum Gasteiger partial charge on any atom is -0.505 e. The fourth-order valence-electron chi connectivity index (χ4n) is 1.34. The molecule has 20 heavy (non-hydrogen) atoms. The number of ether oxygens (including phenoxy) is 1. The average Bonchev–Trinajstić information content (AvgIpc) is 2.38. The van der Waals surface area contributed by atoms with Gasteiger partial charge < -0.3 is 14.9 Å². The number of benzene rings is 1. The van der Waals surface area contributed by atoms with E-state index in [-0.39, 0.29) is 12.1 Å². The molecule has 0 bridgehead atoms. The zero-order valence-electron chi connectivity index (χ0n) is 10.5. The Hall–Kier alpha value is -2.29. The van der Waals surface area contributed by atoms with Gasteiger partial charge in [-0.2, -0.15) is 0 Å². The van der Waals surface area contributed by atoms with E-state index in [9.17, 15) is 23.1 Å². The number of carbonyl (C=O) groups is 2. The van der Waals surface area contributed by atoms with Gasteiger partial charge in [0.2, 0.25) is 10.0 Å². The molecule has 0 radical (unpaired) electrons. The Morgan fingerprint density at radius 2 is 2.00 bits per heavy atom. The Kier molecular flexibility index (Phi) is 4.92. The molecule has 0 amide bonds. The van der Waals surface area contributed by atoms with Crippen molar-refractivity contribution in [3.8, 4) is 5.75 Å². The van der Waals surface area contributed by atoms with Crippen molar-refractivity contribution in [1.29, 1.82) is 0 Å². The molecule has 0 saturated heterocycles. The first kappa shape index (κ1) is 15.8. The number of carboxylic acid groups (broad SMARTS) is 1. The molecule has 1 aromatic rings. The van der Waals surface area contributed by atoms with Crippen LogP contribution in [0.15, 0.2) is 18.2 Å². The van der Waals surface area contributed by atoms with Crippen LogP contribution in [-0.4, -0.2) is 43.4 Å². The molecule has 0 aliphatic carbocycles. The number of anilines is 1. The summed E-state index contributed by atoms with van der Waals surface area (Å²) in [6.07, 6.45) is -0.356. The highest BCUT2D eigenvalue weighted by Gasteiger charge is 2.18. The maximum atomic E-state index is 11.7. The van der Waals surface area contributed by atoms with Crippen LogP contribution in [0.3, 0.4) is 0 Å². The monoisotopic (exact) mass is 303 g/mol. The van der Waals surface area contributed by atoms with Crippen molar-refractivity contribution in [3.05, 3.63) is 23.8 Å². The number of methoxy groups -OCH3 is 1. The quantitative estimate of drug-likeness (QED) is 0.512. The number of hydrogen-bond acceptors (Lipinski definition) is 6. The van der Waals surface area contributed by atoms with E-state index in [1.165, 1.54) is 12.1 Å². The molecule has 1 rings (SSSR count). The van der Waals surface area contributed by atoms with E-state index in [2.05, 4.69) is 4.74 Å². The second-order valence-corrected chi connectivity index (χ2v) is 5.60. The van der Waals surface area contributed by atoms with Crippen molar-refractivity contribution < 1.29 is 33.0 Å². The maximum Gasteiger partial charge on any atom is 0.339 e. The summed E-state index contributed by atoms with van der Waals surface area (Å²) in [4.78, 5) is 21.7. The summed E-state index contributed by atoms with van der Waals surface area (Å²) in [6.45, 7) is 0. The molecule has 0 fully saturated rings. The number of nitrogens with one attached hydrogen (secondary N) is 1. The van der Waals surface area contributed by atoms with Gasteiger partial charge in [-0.15, -0.1) is 0 Å². The van der Waals surface area contributed by atoms with E-state index in [4.69, 9.17) is 5.11 Å². The fourth-order valence-corrected chi connectivity index (χ4v) is 2.37. The first-order valence-corrected chi connectivity index (χ1v) is 7.04. The van der Waals surface area contributed by atoms with Crippen LogP contribution in [0.2, 0.25) is 0 Å². The van der Waals surface area contributed by atoms with E-state index in [1.54, 1.807) is 0 Å². The van der Waals surface area contributed by atoms with Gasteiger partial charge in [0.25, 0.3) is 0 Å². The van der Waals surface area contributed by atoms with Crippen LogP contribution in [0.4, 0.5) is 5.69 Å². The van der Waals surface area contributed by atoms with Crippen LogP contribution in [0, 0.1) is 0 Å². The molecule has 110 valence electrons. The standard InChI is InChI=1S/C11H13NO7S/c1-19-9(13)5-6-20(17,18)12-8-4-2-3-7(10(8)14)11(15)16/h2-4,12,14H,5-6H2,1H3,(H,15,16). The third-order valence-electron chi connectivity index (χ3n) is 2.33. The second kappa shape index (κ2) is 6.24. The molecule has 0 saturated carbocycles. The van der Waals surface area contributed by atoms with E-state index in [0.717, 1.165) is 13.2 Å². The van der Waals surface area contributed by atoms with Gasteiger partial charge in [0.1, 0.15) is 5.56 Å². The summed E-state index contributed by atoms with van der Waals surface area (Å²) in [5.74, 6) is -3.32. The van der Waals surface area contributed by atoms with Crippen molar-refractivity contribution in [2.24, 2.45) is 0 Å². The lowest BCUT2D eigenvalue weighted by atomic mass is 10.2. The molecule has 0 atom stereocenters. The summed E-state index contributed by atoms with van der Waals surface area (Å²) >= 11 is 0. The number of sulfonamides is 1. The summed E-state index contributed by atoms with van der Waals surface area (Å²) in [7, 11) is -2.78. The first-order chi connectivity index (χ1) is 9.26. The molecular formula is C11H13NO7S. The first-order valence-electron chi connectivity index (χ1n) is 5.39. The molecule has 1 aromatic carbocycles. The fraction of sp³-hybridized carbons (Fsp3) is 0.273. The Bertz CT molecular complexity index is 624. The highest BCUT2D eigenvalue weighted by molar-refractivity contribution is 7.92. The smallest absolute Gasteiger partial charge is 0.339 e. The lowest BCUT2D eigenvalue weighted by molar-refractivity contribution is -0.140. The van der Waals surface area contributed by atoms with Crippen LogP contribution < -0.4 is 4.72 Å². The number of aromatic hydroxyl groups is 1. The van der Waals surface area contributed by atoms with Gasteiger partial charge in [-0.05, 0) is 12.1 Å². The summed E-state index contributed by atoms with van der Waals surface area (Å²) in [5.41, 5.74) is -0.701. The predicted octanol–water partition coefficient (Wildman–Crippen LogP) is 0.395. The van der Waals surface area contributed by atoms with E-state index >= 15 is 0 Å².